The van der Waals surface area contributed by atoms with Gasteiger partial charge in [0, 0.05) is 25.2 Å². The summed E-state index contributed by atoms with van der Waals surface area (Å²) in [6.45, 7) is 1.41. The van der Waals surface area contributed by atoms with Gasteiger partial charge >= 0.3 is 6.03 Å². The van der Waals surface area contributed by atoms with Crippen LogP contribution in [-0.4, -0.2) is 37.4 Å². The monoisotopic (exact) mass is 297 g/mol. The third-order valence-corrected chi connectivity index (χ3v) is 4.62. The molecule has 0 bridgehead atoms. The summed E-state index contributed by atoms with van der Waals surface area (Å²) < 4.78 is 5.84. The van der Waals surface area contributed by atoms with Crippen LogP contribution in [0.4, 0.5) is 4.79 Å². The van der Waals surface area contributed by atoms with Crippen LogP contribution in [0.15, 0.2) is 0 Å². The maximum absolute atomic E-state index is 11.7. The molecule has 0 atom stereocenters. The van der Waals surface area contributed by atoms with Crippen molar-refractivity contribution in [2.24, 2.45) is 5.73 Å². The van der Waals surface area contributed by atoms with Crippen molar-refractivity contribution in [2.45, 2.75) is 82.4 Å². The van der Waals surface area contributed by atoms with E-state index in [1.807, 2.05) is 0 Å². The van der Waals surface area contributed by atoms with Gasteiger partial charge in [-0.3, -0.25) is 0 Å². The SMILES string of the molecule is NC1CCC(OCCCNC(=O)NC2CCCCC2)CC1. The summed E-state index contributed by atoms with van der Waals surface area (Å²) >= 11 is 0. The molecule has 5 heteroatoms. The molecule has 0 unspecified atom stereocenters. The number of urea groups is 1. The predicted molar refractivity (Wildman–Crippen MR) is 84.2 cm³/mol. The highest BCUT2D eigenvalue weighted by Crippen LogP contribution is 2.19. The Bertz CT molecular complexity index is 298. The molecule has 21 heavy (non-hydrogen) atoms. The number of amides is 2. The van der Waals surface area contributed by atoms with Crippen molar-refractivity contribution in [1.82, 2.24) is 10.6 Å². The molecule has 2 aliphatic rings. The first kappa shape index (κ1) is 16.6. The van der Waals surface area contributed by atoms with Crippen molar-refractivity contribution >= 4 is 6.03 Å². The van der Waals surface area contributed by atoms with Gasteiger partial charge in [0.25, 0.3) is 0 Å². The van der Waals surface area contributed by atoms with Gasteiger partial charge in [-0.15, -0.1) is 0 Å². The second kappa shape index (κ2) is 9.26. The van der Waals surface area contributed by atoms with Gasteiger partial charge in [-0.2, -0.15) is 0 Å². The lowest BCUT2D eigenvalue weighted by Crippen LogP contribution is -2.43. The summed E-state index contributed by atoms with van der Waals surface area (Å²) in [6.07, 6.45) is 11.6. The van der Waals surface area contributed by atoms with E-state index in [1.54, 1.807) is 0 Å². The summed E-state index contributed by atoms with van der Waals surface area (Å²) in [7, 11) is 0. The first-order valence-corrected chi connectivity index (χ1v) is 8.65. The fraction of sp³-hybridized carbons (Fsp3) is 0.938. The van der Waals surface area contributed by atoms with Crippen LogP contribution in [0.25, 0.3) is 0 Å². The topological polar surface area (TPSA) is 76.4 Å². The molecule has 2 amide bonds. The Morgan fingerprint density at radius 3 is 2.48 bits per heavy atom. The van der Waals surface area contributed by atoms with Gasteiger partial charge in [0.15, 0.2) is 0 Å². The van der Waals surface area contributed by atoms with Crippen LogP contribution < -0.4 is 16.4 Å². The van der Waals surface area contributed by atoms with E-state index in [4.69, 9.17) is 10.5 Å². The van der Waals surface area contributed by atoms with E-state index in [9.17, 15) is 4.79 Å². The summed E-state index contributed by atoms with van der Waals surface area (Å²) in [5.41, 5.74) is 5.87. The molecule has 2 rings (SSSR count). The number of carbonyl (C=O) groups excluding carboxylic acids is 1. The first-order chi connectivity index (χ1) is 10.2. The van der Waals surface area contributed by atoms with Gasteiger partial charge < -0.3 is 21.1 Å². The zero-order chi connectivity index (χ0) is 14.9. The fourth-order valence-electron chi connectivity index (χ4n) is 3.26. The second-order valence-electron chi connectivity index (χ2n) is 6.50. The van der Waals surface area contributed by atoms with Gasteiger partial charge in [-0.25, -0.2) is 4.79 Å². The van der Waals surface area contributed by atoms with Crippen molar-refractivity contribution < 1.29 is 9.53 Å². The maximum Gasteiger partial charge on any atom is 0.315 e. The minimum Gasteiger partial charge on any atom is -0.378 e. The highest BCUT2D eigenvalue weighted by atomic mass is 16.5. The molecule has 0 aliphatic heterocycles. The maximum atomic E-state index is 11.7. The molecule has 2 saturated carbocycles. The van der Waals surface area contributed by atoms with Gasteiger partial charge in [0.1, 0.15) is 0 Å². The average Bonchev–Trinajstić information content (AvgIpc) is 2.50. The van der Waals surface area contributed by atoms with E-state index in [2.05, 4.69) is 10.6 Å². The Morgan fingerprint density at radius 2 is 1.76 bits per heavy atom. The van der Waals surface area contributed by atoms with Crippen LogP contribution in [0, 0.1) is 0 Å². The van der Waals surface area contributed by atoms with Crippen LogP contribution in [0.3, 0.4) is 0 Å². The van der Waals surface area contributed by atoms with Crippen LogP contribution in [-0.2, 0) is 4.74 Å². The van der Waals surface area contributed by atoms with Crippen molar-refractivity contribution in [3.8, 4) is 0 Å². The largest absolute Gasteiger partial charge is 0.378 e. The summed E-state index contributed by atoms with van der Waals surface area (Å²) in [5, 5.41) is 5.98. The molecule has 0 spiro atoms. The minimum absolute atomic E-state index is 0.0226. The first-order valence-electron chi connectivity index (χ1n) is 8.65. The molecule has 0 radical (unpaired) electrons. The van der Waals surface area contributed by atoms with Crippen LogP contribution >= 0.6 is 0 Å². The van der Waals surface area contributed by atoms with Gasteiger partial charge in [0.2, 0.25) is 0 Å². The van der Waals surface area contributed by atoms with Gasteiger partial charge in [-0.1, -0.05) is 19.3 Å². The lowest BCUT2D eigenvalue weighted by atomic mass is 9.94. The smallest absolute Gasteiger partial charge is 0.315 e. The molecule has 0 aromatic rings. The Morgan fingerprint density at radius 1 is 1.05 bits per heavy atom. The number of hydrogen-bond acceptors (Lipinski definition) is 3. The molecule has 2 aliphatic carbocycles. The molecule has 0 aromatic carbocycles. The Labute approximate surface area is 128 Å². The predicted octanol–water partition coefficient (Wildman–Crippen LogP) is 2.29. The third kappa shape index (κ3) is 6.66. The average molecular weight is 297 g/mol. The van der Waals surface area contributed by atoms with E-state index in [0.717, 1.165) is 51.6 Å². The lowest BCUT2D eigenvalue weighted by Gasteiger charge is -2.26. The van der Waals surface area contributed by atoms with Crippen molar-refractivity contribution in [3.63, 3.8) is 0 Å². The zero-order valence-corrected chi connectivity index (χ0v) is 13.1. The second-order valence-corrected chi connectivity index (χ2v) is 6.50. The molecule has 0 saturated heterocycles. The van der Waals surface area contributed by atoms with Crippen LogP contribution in [0.2, 0.25) is 0 Å². The summed E-state index contributed by atoms with van der Waals surface area (Å²) in [6, 6.07) is 0.724. The van der Waals surface area contributed by atoms with E-state index in [-0.39, 0.29) is 6.03 Å². The Hall–Kier alpha value is -0.810. The molecular weight excluding hydrogens is 266 g/mol. The van der Waals surface area contributed by atoms with Crippen molar-refractivity contribution in [3.05, 3.63) is 0 Å². The summed E-state index contributed by atoms with van der Waals surface area (Å²) in [4.78, 5) is 11.7. The van der Waals surface area contributed by atoms with E-state index in [0.29, 0.717) is 24.7 Å². The molecule has 122 valence electrons. The third-order valence-electron chi connectivity index (χ3n) is 4.62. The Balaban J connectivity index is 1.44. The fourth-order valence-corrected chi connectivity index (χ4v) is 3.26. The van der Waals surface area contributed by atoms with Crippen molar-refractivity contribution in [1.29, 1.82) is 0 Å². The molecule has 2 fully saturated rings. The lowest BCUT2D eigenvalue weighted by molar-refractivity contribution is 0.0243. The molecule has 0 heterocycles. The highest BCUT2D eigenvalue weighted by molar-refractivity contribution is 5.74. The zero-order valence-electron chi connectivity index (χ0n) is 13.1. The molecule has 0 aromatic heterocycles. The van der Waals surface area contributed by atoms with E-state index < -0.39 is 0 Å². The molecule has 4 N–H and O–H groups in total. The summed E-state index contributed by atoms with van der Waals surface area (Å²) in [5.74, 6) is 0. The van der Waals surface area contributed by atoms with Crippen LogP contribution in [0.5, 0.6) is 0 Å². The van der Waals surface area contributed by atoms with E-state index >= 15 is 0 Å². The van der Waals surface area contributed by atoms with E-state index in [1.165, 1.54) is 19.3 Å². The number of ether oxygens (including phenoxy) is 1. The van der Waals surface area contributed by atoms with Gasteiger partial charge in [-0.05, 0) is 44.9 Å². The minimum atomic E-state index is -0.0226. The quantitative estimate of drug-likeness (QED) is 0.658. The number of nitrogens with two attached hydrogens (primary N) is 1. The normalized spacial score (nSPS) is 27.3. The number of rotatable bonds is 6. The standard InChI is InChI=1S/C16H31N3O2/c17-13-7-9-15(10-8-13)21-12-4-11-18-16(20)19-14-5-2-1-3-6-14/h13-15H,1-12,17H2,(H2,18,19,20). The molecular formula is C16H31N3O2. The van der Waals surface area contributed by atoms with Crippen LogP contribution in [0.1, 0.15) is 64.2 Å². The Kier molecular flexibility index (Phi) is 7.30. The highest BCUT2D eigenvalue weighted by Gasteiger charge is 2.18. The number of nitrogens with one attached hydrogen (secondary N) is 2. The number of carbonyl (C=O) groups is 1. The molecule has 5 nitrogen and oxygen atoms in total. The number of hydrogen-bond donors (Lipinski definition) is 3. The van der Waals surface area contributed by atoms with Gasteiger partial charge in [0.05, 0.1) is 6.10 Å². The van der Waals surface area contributed by atoms with Crippen molar-refractivity contribution in [2.75, 3.05) is 13.2 Å².